The van der Waals surface area contributed by atoms with Crippen LogP contribution in [0.3, 0.4) is 0 Å². The van der Waals surface area contributed by atoms with Crippen molar-refractivity contribution in [2.45, 2.75) is 12.5 Å². The average Bonchev–Trinajstić information content (AvgIpc) is 1.56. The molecule has 8 nitrogen and oxygen atoms in total. The predicted octanol–water partition coefficient (Wildman–Crippen LogP) is 28.3. The minimum Gasteiger partial charge on any atom is -0.484 e. The van der Waals surface area contributed by atoms with E-state index < -0.39 is 6.71 Å². The molecule has 0 saturated carbocycles. The van der Waals surface area contributed by atoms with Gasteiger partial charge in [-0.1, -0.05) is 303 Å². The SMILES string of the molecule is C1=CCC2Oc3c(cccc3-c3cccc(-c4cccc5c4oc4ccccc45)c3N3c4cc(-n5c6ccccc6c6ccccc65)ccc4B4c5ccc(-n6c7ccccc7c7ccccc76)cc5N(c5c(-c6cccc7c6oc6ccccc67)cccc5-c5cccc6c5oc5ccccc56)c5cc(-c6ccc7ccccc7c6)cc3c54)C2=C1. The van der Waals surface area contributed by atoms with E-state index >= 15 is 0 Å². The van der Waals surface area contributed by atoms with E-state index in [4.69, 9.17) is 18.0 Å². The maximum atomic E-state index is 7.45. The summed E-state index contributed by atoms with van der Waals surface area (Å²) in [6.45, 7) is -0.401. The standard InChI is InChI=1S/C112H67BN4O4/c1-2-26-67-61-68(56-55-66(67)25-1)69-62-100-106-101(63-69)117(108-82(90-45-23-41-86-78-33-9-17-53-104(78)120-111(86)90)37-20-38-83(108)91-46-24-42-87-79-34-10-18-54-105(79)121-112(87)91)99-65-71(115-96-49-13-5-29-74(96)75-30-6-14-50-97(75)115)58-60-93(99)113(106)92-59-57-70(114-94-47-11-3-27-72(94)73-28-4-12-48-95(73)114)64-98(92)116(100)107-80(88-43-21-39-84-76-31-7-15-51-102(76)118-109(84)88)35-19-36-81(107)89-44-22-40-85-77-32-8-16-52-103(77)119-110(85)89/h1-53,55-65,105H,54H2. The van der Waals surface area contributed by atoms with E-state index in [9.17, 15) is 0 Å². The molecule has 0 fully saturated rings. The molecule has 9 heteroatoms. The zero-order valence-corrected chi connectivity index (χ0v) is 65.2. The quantitative estimate of drug-likeness (QED) is 0.134. The fourth-order valence-corrected chi connectivity index (χ4v) is 21.2. The number of hydrogen-bond donors (Lipinski definition) is 0. The van der Waals surface area contributed by atoms with Gasteiger partial charge in [0.1, 0.15) is 45.4 Å². The van der Waals surface area contributed by atoms with Gasteiger partial charge in [-0.25, -0.2) is 0 Å². The highest BCUT2D eigenvalue weighted by Crippen LogP contribution is 2.59. The van der Waals surface area contributed by atoms with Crippen molar-refractivity contribution in [3.05, 3.63) is 394 Å². The third kappa shape index (κ3) is 9.51. The Kier molecular flexibility index (Phi) is 13.9. The van der Waals surface area contributed by atoms with Crippen molar-refractivity contribution in [3.63, 3.8) is 0 Å². The second-order valence-electron chi connectivity index (χ2n) is 32.6. The fraction of sp³-hybridized carbons (Fsp3) is 0.0179. The topological polar surface area (TPSA) is 65.0 Å². The van der Waals surface area contributed by atoms with Crippen molar-refractivity contribution in [1.82, 2.24) is 9.13 Å². The molecule has 4 aliphatic rings. The highest BCUT2D eigenvalue weighted by Gasteiger charge is 2.47. The first kappa shape index (κ1) is 66.3. The Hall–Kier alpha value is -15.8. The third-order valence-electron chi connectivity index (χ3n) is 26.4. The molecule has 1 atom stereocenters. The summed E-state index contributed by atoms with van der Waals surface area (Å²) >= 11 is 0. The molecule has 23 aromatic rings. The van der Waals surface area contributed by atoms with Crippen molar-refractivity contribution in [1.29, 1.82) is 0 Å². The van der Waals surface area contributed by atoms with Gasteiger partial charge in [-0.15, -0.1) is 0 Å². The van der Waals surface area contributed by atoms with Crippen LogP contribution in [0.25, 0.3) is 193 Å². The molecule has 0 saturated heterocycles. The van der Waals surface area contributed by atoms with Crippen molar-refractivity contribution in [2.75, 3.05) is 9.80 Å². The number of benzene rings is 18. The second kappa shape index (κ2) is 25.3. The summed E-state index contributed by atoms with van der Waals surface area (Å²) in [6, 6.07) is 137. The Morgan fingerprint density at radius 3 is 1.13 bits per heavy atom. The van der Waals surface area contributed by atoms with Crippen molar-refractivity contribution in [3.8, 4) is 72.8 Å². The zero-order valence-electron chi connectivity index (χ0n) is 65.2. The van der Waals surface area contributed by atoms with E-state index in [2.05, 4.69) is 407 Å². The van der Waals surface area contributed by atoms with Gasteiger partial charge in [0.05, 0.1) is 33.4 Å². The third-order valence-corrected chi connectivity index (χ3v) is 26.4. The van der Waals surface area contributed by atoms with Gasteiger partial charge in [-0.05, 0) is 123 Å². The predicted molar refractivity (Wildman–Crippen MR) is 502 cm³/mol. The van der Waals surface area contributed by atoms with E-state index in [1.165, 1.54) is 27.1 Å². The van der Waals surface area contributed by atoms with Crippen LogP contribution in [0.15, 0.2) is 402 Å². The van der Waals surface area contributed by atoms with Crippen molar-refractivity contribution >= 4 is 183 Å². The van der Waals surface area contributed by atoms with Gasteiger partial charge < -0.3 is 36.9 Å². The van der Waals surface area contributed by atoms with Gasteiger partial charge in [0.15, 0.2) is 0 Å². The summed E-state index contributed by atoms with van der Waals surface area (Å²) in [7, 11) is 0. The molecule has 0 spiro atoms. The van der Waals surface area contributed by atoms with Gasteiger partial charge in [-0.2, -0.15) is 0 Å². The number of allylic oxidation sites excluding steroid dienone is 2. The Morgan fingerprint density at radius 1 is 0.281 bits per heavy atom. The molecule has 121 heavy (non-hydrogen) atoms. The van der Waals surface area contributed by atoms with E-state index in [1.54, 1.807) is 0 Å². The Balaban J connectivity index is 0.840. The maximum absolute atomic E-state index is 7.45. The molecule has 0 amide bonds. The van der Waals surface area contributed by atoms with Crippen LogP contribution in [0.4, 0.5) is 34.1 Å². The van der Waals surface area contributed by atoms with Crippen molar-refractivity contribution in [2.24, 2.45) is 0 Å². The van der Waals surface area contributed by atoms with Gasteiger partial charge in [-0.3, -0.25) is 0 Å². The first-order valence-corrected chi connectivity index (χ1v) is 41.7. The number of rotatable bonds is 9. The Labute approximate surface area is 694 Å². The highest BCUT2D eigenvalue weighted by molar-refractivity contribution is 7.00. The van der Waals surface area contributed by atoms with Crippen LogP contribution in [0.1, 0.15) is 12.0 Å². The molecule has 3 aliphatic heterocycles. The van der Waals surface area contributed by atoms with E-state index in [0.717, 1.165) is 234 Å². The smallest absolute Gasteiger partial charge is 0.252 e. The Bertz CT molecular complexity index is 8320. The highest BCUT2D eigenvalue weighted by atomic mass is 16.5. The average molecular weight is 1540 g/mol. The molecule has 27 rings (SSSR count). The number of nitrogens with zero attached hydrogens (tertiary/aromatic N) is 4. The maximum Gasteiger partial charge on any atom is 0.252 e. The van der Waals surface area contributed by atoms with Crippen LogP contribution >= 0.6 is 0 Å². The lowest BCUT2D eigenvalue weighted by molar-refractivity contribution is 0.280. The largest absolute Gasteiger partial charge is 0.484 e. The van der Waals surface area contributed by atoms with E-state index in [1.807, 2.05) is 0 Å². The molecule has 1 unspecified atom stereocenters. The minimum absolute atomic E-state index is 0.139. The molecule has 8 heterocycles. The molecule has 562 valence electrons. The summed E-state index contributed by atoms with van der Waals surface area (Å²) in [4.78, 5) is 5.34. The number of para-hydroxylation sites is 13. The number of fused-ring (bicyclic) bond motifs is 23. The first-order valence-electron chi connectivity index (χ1n) is 41.7. The van der Waals surface area contributed by atoms with Gasteiger partial charge in [0.25, 0.3) is 6.71 Å². The summed E-state index contributed by atoms with van der Waals surface area (Å²) in [5.74, 6) is 0.867. The lowest BCUT2D eigenvalue weighted by atomic mass is 9.33. The molecule has 5 aromatic heterocycles. The van der Waals surface area contributed by atoms with Crippen LogP contribution in [-0.2, 0) is 0 Å². The van der Waals surface area contributed by atoms with E-state index in [0.29, 0.717) is 0 Å². The van der Waals surface area contributed by atoms with Crippen LogP contribution in [0.2, 0.25) is 0 Å². The van der Waals surface area contributed by atoms with Crippen LogP contribution < -0.4 is 30.9 Å². The number of ether oxygens (including phenoxy) is 1. The molecular weight excluding hydrogens is 1480 g/mol. The molecular formula is C112H67BN4O4. The lowest BCUT2D eigenvalue weighted by Gasteiger charge is -2.46. The minimum atomic E-state index is -0.401. The summed E-state index contributed by atoms with van der Waals surface area (Å²) < 4.78 is 34.3. The van der Waals surface area contributed by atoms with Gasteiger partial charge in [0, 0.05) is 150 Å². The lowest BCUT2D eigenvalue weighted by Crippen LogP contribution is -2.61. The van der Waals surface area contributed by atoms with Crippen molar-refractivity contribution < 1.29 is 18.0 Å². The molecule has 0 radical (unpaired) electrons. The fourth-order valence-electron chi connectivity index (χ4n) is 21.2. The zero-order chi connectivity index (χ0) is 78.8. The monoisotopic (exact) mass is 1540 g/mol. The molecule has 1 aliphatic carbocycles. The summed E-state index contributed by atoms with van der Waals surface area (Å²) in [5.41, 5.74) is 33.0. The Morgan fingerprint density at radius 2 is 0.661 bits per heavy atom. The molecule has 0 bridgehead atoms. The number of anilines is 6. The number of furan rings is 3. The first-order chi connectivity index (χ1) is 60.0. The number of aromatic nitrogens is 2. The molecule has 0 N–H and O–H groups in total. The summed E-state index contributed by atoms with van der Waals surface area (Å²) in [6.07, 6.45) is 7.29. The van der Waals surface area contributed by atoms with Crippen LogP contribution in [0, 0.1) is 0 Å². The van der Waals surface area contributed by atoms with Gasteiger partial charge in [0.2, 0.25) is 0 Å². The van der Waals surface area contributed by atoms with Gasteiger partial charge >= 0.3 is 0 Å². The van der Waals surface area contributed by atoms with Crippen LogP contribution in [0.5, 0.6) is 5.75 Å². The molecule has 18 aromatic carbocycles. The summed E-state index contributed by atoms with van der Waals surface area (Å²) in [5, 5.41) is 13.3. The van der Waals surface area contributed by atoms with Crippen LogP contribution in [-0.4, -0.2) is 22.0 Å². The number of hydrogen-bond acceptors (Lipinski definition) is 6. The van der Waals surface area contributed by atoms with E-state index in [-0.39, 0.29) is 6.10 Å². The second-order valence-corrected chi connectivity index (χ2v) is 32.6. The normalized spacial score (nSPS) is 14.0.